The van der Waals surface area contributed by atoms with Gasteiger partial charge in [0.05, 0.1) is 12.6 Å². The lowest BCUT2D eigenvalue weighted by Crippen LogP contribution is -2.24. The Kier molecular flexibility index (Phi) is 5.68. The molecule has 1 atom stereocenters. The molecule has 0 aliphatic carbocycles. The molecular weight excluding hydrogens is 282 g/mol. The molecule has 2 aromatic rings. The van der Waals surface area contributed by atoms with E-state index in [0.29, 0.717) is 6.54 Å². The summed E-state index contributed by atoms with van der Waals surface area (Å²) in [6.45, 7) is 0.543. The van der Waals surface area contributed by atoms with E-state index in [-0.39, 0.29) is 0 Å². The van der Waals surface area contributed by atoms with Crippen molar-refractivity contribution in [2.75, 3.05) is 20.8 Å². The van der Waals surface area contributed by atoms with Gasteiger partial charge in [-0.3, -0.25) is 4.98 Å². The zero-order valence-corrected chi connectivity index (χ0v) is 12.8. The van der Waals surface area contributed by atoms with Gasteiger partial charge in [-0.15, -0.1) is 0 Å². The predicted octanol–water partition coefficient (Wildman–Crippen LogP) is 2.13. The fourth-order valence-corrected chi connectivity index (χ4v) is 2.33. The van der Waals surface area contributed by atoms with E-state index >= 15 is 0 Å². The Morgan fingerprint density at radius 1 is 1.41 bits per heavy atom. The van der Waals surface area contributed by atoms with E-state index in [1.54, 1.807) is 13.3 Å². The summed E-state index contributed by atoms with van der Waals surface area (Å²) in [5, 5.41) is 3.70. The van der Waals surface area contributed by atoms with E-state index < -0.39 is 12.3 Å². The molecule has 1 aromatic heterocycles. The van der Waals surface area contributed by atoms with Crippen LogP contribution in [0.15, 0.2) is 30.5 Å². The Morgan fingerprint density at radius 3 is 2.95 bits per heavy atom. The van der Waals surface area contributed by atoms with E-state index in [2.05, 4.69) is 15.0 Å². The number of rotatable bonds is 6. The third-order valence-corrected chi connectivity index (χ3v) is 3.47. The first-order chi connectivity index (χ1) is 10.7. The SMILES string of the molecule is COC(=O)NCCCc1cc([C@H](N)OC)cc2cccnc12. The number of hydrogen-bond donors (Lipinski definition) is 2. The Balaban J connectivity index is 2.17. The summed E-state index contributed by atoms with van der Waals surface area (Å²) in [6.07, 6.45) is 2.46. The Hall–Kier alpha value is -2.18. The minimum atomic E-state index is -0.462. The van der Waals surface area contributed by atoms with Crippen molar-refractivity contribution in [3.05, 3.63) is 41.6 Å². The maximum absolute atomic E-state index is 11.0. The van der Waals surface area contributed by atoms with Crippen LogP contribution < -0.4 is 11.1 Å². The molecule has 1 aromatic carbocycles. The first-order valence-electron chi connectivity index (χ1n) is 7.13. The minimum absolute atomic E-state index is 0.418. The van der Waals surface area contributed by atoms with Gasteiger partial charge < -0.3 is 20.5 Å². The van der Waals surface area contributed by atoms with Crippen LogP contribution >= 0.6 is 0 Å². The van der Waals surface area contributed by atoms with Gasteiger partial charge in [-0.25, -0.2) is 4.79 Å². The standard InChI is InChI=1S/C16H21N3O3/c1-21-15(17)13-9-11-5-3-7-18-14(11)12(10-13)6-4-8-19-16(20)22-2/h3,5,7,9-10,15H,4,6,8,17H2,1-2H3,(H,19,20)/t15-/m1/s1. The second kappa shape index (κ2) is 7.72. The monoisotopic (exact) mass is 303 g/mol. The first-order valence-corrected chi connectivity index (χ1v) is 7.13. The number of aryl methyl sites for hydroxylation is 1. The highest BCUT2D eigenvalue weighted by Gasteiger charge is 2.10. The fourth-order valence-electron chi connectivity index (χ4n) is 2.33. The second-order valence-corrected chi connectivity index (χ2v) is 4.93. The molecule has 0 spiro atoms. The van der Waals surface area contributed by atoms with Crippen molar-refractivity contribution in [3.8, 4) is 0 Å². The minimum Gasteiger partial charge on any atom is -0.453 e. The van der Waals surface area contributed by atoms with Gasteiger partial charge in [0.1, 0.15) is 6.23 Å². The number of pyridine rings is 1. The summed E-state index contributed by atoms with van der Waals surface area (Å²) in [7, 11) is 2.93. The largest absolute Gasteiger partial charge is 0.453 e. The summed E-state index contributed by atoms with van der Waals surface area (Å²) < 4.78 is 9.74. The van der Waals surface area contributed by atoms with E-state index in [1.807, 2.05) is 24.3 Å². The van der Waals surface area contributed by atoms with E-state index in [0.717, 1.165) is 34.9 Å². The normalized spacial score (nSPS) is 12.1. The summed E-state index contributed by atoms with van der Waals surface area (Å²) in [6, 6.07) is 7.91. The molecule has 0 bridgehead atoms. The molecule has 0 radical (unpaired) electrons. The van der Waals surface area contributed by atoms with Crippen molar-refractivity contribution < 1.29 is 14.3 Å². The number of fused-ring (bicyclic) bond motifs is 1. The number of hydrogen-bond acceptors (Lipinski definition) is 5. The van der Waals surface area contributed by atoms with Crippen LogP contribution in [0.5, 0.6) is 0 Å². The Labute approximate surface area is 129 Å². The Bertz CT molecular complexity index is 646. The molecule has 1 amide bonds. The second-order valence-electron chi connectivity index (χ2n) is 4.93. The van der Waals surface area contributed by atoms with Gasteiger partial charge >= 0.3 is 6.09 Å². The van der Waals surface area contributed by atoms with Crippen LogP contribution in [0.2, 0.25) is 0 Å². The number of alkyl carbamates (subject to hydrolysis) is 1. The molecule has 0 saturated heterocycles. The van der Waals surface area contributed by atoms with Crippen LogP contribution in [-0.4, -0.2) is 31.8 Å². The predicted molar refractivity (Wildman–Crippen MR) is 84.4 cm³/mol. The maximum Gasteiger partial charge on any atom is 0.406 e. The number of nitrogens with one attached hydrogen (secondary N) is 1. The van der Waals surface area contributed by atoms with E-state index in [4.69, 9.17) is 10.5 Å². The summed E-state index contributed by atoms with van der Waals surface area (Å²) in [5.41, 5.74) is 8.91. The van der Waals surface area contributed by atoms with Gasteiger partial charge in [-0.05, 0) is 42.2 Å². The molecule has 0 fully saturated rings. The van der Waals surface area contributed by atoms with Gasteiger partial charge in [0.25, 0.3) is 0 Å². The van der Waals surface area contributed by atoms with Crippen molar-refractivity contribution in [2.45, 2.75) is 19.1 Å². The van der Waals surface area contributed by atoms with Crippen molar-refractivity contribution in [2.24, 2.45) is 5.73 Å². The van der Waals surface area contributed by atoms with Gasteiger partial charge in [0.15, 0.2) is 0 Å². The molecule has 6 nitrogen and oxygen atoms in total. The summed E-state index contributed by atoms with van der Waals surface area (Å²) in [5.74, 6) is 0. The number of amides is 1. The molecular formula is C16H21N3O3. The zero-order valence-electron chi connectivity index (χ0n) is 12.8. The molecule has 2 rings (SSSR count). The van der Waals surface area contributed by atoms with E-state index in [9.17, 15) is 4.79 Å². The van der Waals surface area contributed by atoms with Crippen molar-refractivity contribution in [3.63, 3.8) is 0 Å². The van der Waals surface area contributed by atoms with Crippen LogP contribution in [0.25, 0.3) is 10.9 Å². The van der Waals surface area contributed by atoms with Crippen LogP contribution in [0, 0.1) is 0 Å². The number of nitrogens with zero attached hydrogens (tertiary/aromatic N) is 1. The van der Waals surface area contributed by atoms with Gasteiger partial charge in [0, 0.05) is 25.2 Å². The highest BCUT2D eigenvalue weighted by molar-refractivity contribution is 5.82. The first kappa shape index (κ1) is 16.2. The van der Waals surface area contributed by atoms with Crippen LogP contribution in [-0.2, 0) is 15.9 Å². The average molecular weight is 303 g/mol. The third-order valence-electron chi connectivity index (χ3n) is 3.47. The van der Waals surface area contributed by atoms with Crippen molar-refractivity contribution in [1.82, 2.24) is 10.3 Å². The molecule has 0 saturated carbocycles. The van der Waals surface area contributed by atoms with Crippen LogP contribution in [0.3, 0.4) is 0 Å². The highest BCUT2D eigenvalue weighted by Crippen LogP contribution is 2.23. The van der Waals surface area contributed by atoms with Gasteiger partial charge in [-0.1, -0.05) is 6.07 Å². The molecule has 0 aliphatic rings. The van der Waals surface area contributed by atoms with Crippen molar-refractivity contribution in [1.29, 1.82) is 0 Å². The lowest BCUT2D eigenvalue weighted by Gasteiger charge is -2.14. The van der Waals surface area contributed by atoms with Gasteiger partial charge in [-0.2, -0.15) is 0 Å². The highest BCUT2D eigenvalue weighted by atomic mass is 16.5. The van der Waals surface area contributed by atoms with E-state index in [1.165, 1.54) is 7.11 Å². The lowest BCUT2D eigenvalue weighted by atomic mass is 10.0. The molecule has 118 valence electrons. The zero-order chi connectivity index (χ0) is 15.9. The molecule has 6 heteroatoms. The number of aromatic nitrogens is 1. The number of methoxy groups -OCH3 is 2. The van der Waals surface area contributed by atoms with Gasteiger partial charge in [0.2, 0.25) is 0 Å². The molecule has 0 aliphatic heterocycles. The van der Waals surface area contributed by atoms with Crippen molar-refractivity contribution >= 4 is 17.0 Å². The number of carbonyl (C=O) groups excluding carboxylic acids is 1. The number of nitrogens with two attached hydrogens (primary N) is 1. The lowest BCUT2D eigenvalue weighted by molar-refractivity contribution is 0.109. The molecule has 3 N–H and O–H groups in total. The smallest absolute Gasteiger partial charge is 0.406 e. The maximum atomic E-state index is 11.0. The molecule has 1 heterocycles. The topological polar surface area (TPSA) is 86.5 Å². The van der Waals surface area contributed by atoms with Crippen LogP contribution in [0.4, 0.5) is 4.79 Å². The summed E-state index contributed by atoms with van der Waals surface area (Å²) in [4.78, 5) is 15.5. The number of ether oxygens (including phenoxy) is 2. The summed E-state index contributed by atoms with van der Waals surface area (Å²) >= 11 is 0. The Morgan fingerprint density at radius 2 is 2.23 bits per heavy atom. The molecule has 22 heavy (non-hydrogen) atoms. The average Bonchev–Trinajstić information content (AvgIpc) is 2.57. The quantitative estimate of drug-likeness (QED) is 0.630. The molecule has 0 unspecified atom stereocenters. The van der Waals surface area contributed by atoms with Crippen LogP contribution in [0.1, 0.15) is 23.8 Å². The number of carbonyl (C=O) groups is 1. The fraction of sp³-hybridized carbons (Fsp3) is 0.375. The third kappa shape index (κ3) is 3.93. The number of benzene rings is 1.